The Balaban J connectivity index is 1.55. The van der Waals surface area contributed by atoms with E-state index in [0.717, 1.165) is 24.0 Å². The highest BCUT2D eigenvalue weighted by molar-refractivity contribution is 6.04. The van der Waals surface area contributed by atoms with Crippen molar-refractivity contribution >= 4 is 27.9 Å². The molecule has 7 nitrogen and oxygen atoms in total. The summed E-state index contributed by atoms with van der Waals surface area (Å²) in [5, 5.41) is 32.5. The highest BCUT2D eigenvalue weighted by Gasteiger charge is 2.18. The normalized spacial score (nSPS) is 15.5. The third-order valence-electron chi connectivity index (χ3n) is 6.23. The molecule has 34 heavy (non-hydrogen) atoms. The van der Waals surface area contributed by atoms with E-state index in [0.29, 0.717) is 17.1 Å². The van der Waals surface area contributed by atoms with E-state index in [2.05, 4.69) is 40.5 Å². The van der Waals surface area contributed by atoms with Gasteiger partial charge in [0.2, 0.25) is 0 Å². The maximum Gasteiger partial charge on any atom is 0.262 e. The first-order valence-electron chi connectivity index (χ1n) is 11.6. The lowest BCUT2D eigenvalue weighted by atomic mass is 10.0. The molecule has 176 valence electrons. The zero-order valence-corrected chi connectivity index (χ0v) is 19.3. The number of carbonyl (C=O) groups is 1. The summed E-state index contributed by atoms with van der Waals surface area (Å²) in [5.74, 6) is 0.440. The number of benzene rings is 2. The monoisotopic (exact) mass is 459 g/mol. The third kappa shape index (κ3) is 5.14. The van der Waals surface area contributed by atoms with Crippen LogP contribution >= 0.6 is 0 Å². The molecular weight excluding hydrogens is 430 g/mol. The Hall–Kier alpha value is -3.60. The number of aliphatic hydroxyl groups excluding tert-OH is 2. The van der Waals surface area contributed by atoms with Crippen molar-refractivity contribution in [1.29, 1.82) is 5.26 Å². The van der Waals surface area contributed by atoms with Crippen LogP contribution in [0.2, 0.25) is 0 Å². The van der Waals surface area contributed by atoms with Crippen LogP contribution in [0.25, 0.3) is 27.7 Å². The molecule has 2 heterocycles. The second-order valence-electron chi connectivity index (χ2n) is 8.62. The molecule has 1 atom stereocenters. The van der Waals surface area contributed by atoms with Crippen LogP contribution in [0, 0.1) is 11.3 Å². The van der Waals surface area contributed by atoms with Gasteiger partial charge in [0.05, 0.1) is 12.7 Å². The molecule has 1 saturated heterocycles. The van der Waals surface area contributed by atoms with Gasteiger partial charge in [0, 0.05) is 36.5 Å². The number of carbonyl (C=O) groups excluding carboxylic acids is 1. The fraction of sp³-hybridized carbons (Fsp3) is 0.333. The molecular formula is C27H29N3O4. The van der Waals surface area contributed by atoms with Gasteiger partial charge in [0.25, 0.3) is 5.91 Å². The van der Waals surface area contributed by atoms with E-state index < -0.39 is 18.6 Å². The van der Waals surface area contributed by atoms with Crippen molar-refractivity contribution in [3.63, 3.8) is 0 Å². The van der Waals surface area contributed by atoms with Gasteiger partial charge in [-0.25, -0.2) is 0 Å². The number of anilines is 1. The first-order valence-corrected chi connectivity index (χ1v) is 11.6. The van der Waals surface area contributed by atoms with E-state index in [1.807, 2.05) is 18.2 Å². The molecule has 0 radical (unpaired) electrons. The Morgan fingerprint density at radius 1 is 1.12 bits per heavy atom. The van der Waals surface area contributed by atoms with Crippen molar-refractivity contribution in [3.05, 3.63) is 59.9 Å². The SMILES string of the molecule is C/C(=C(/C#N)C(=O)NCC(O)CO)c1ccc(-c2ccc3cc(N4CCCCC4)ccc3c2)o1. The number of hydrogen-bond acceptors (Lipinski definition) is 6. The van der Waals surface area contributed by atoms with Gasteiger partial charge in [0.1, 0.15) is 23.2 Å². The predicted molar refractivity (Wildman–Crippen MR) is 132 cm³/mol. The number of amides is 1. The summed E-state index contributed by atoms with van der Waals surface area (Å²) < 4.78 is 5.99. The molecule has 1 aliphatic rings. The molecule has 2 aromatic carbocycles. The molecule has 7 heteroatoms. The van der Waals surface area contributed by atoms with Crippen LogP contribution in [0.4, 0.5) is 5.69 Å². The Labute approximate surface area is 198 Å². The van der Waals surface area contributed by atoms with Gasteiger partial charge in [-0.3, -0.25) is 4.79 Å². The lowest BCUT2D eigenvalue weighted by molar-refractivity contribution is -0.117. The van der Waals surface area contributed by atoms with Crippen LogP contribution < -0.4 is 10.2 Å². The molecule has 0 bridgehead atoms. The maximum absolute atomic E-state index is 12.3. The Morgan fingerprint density at radius 2 is 1.85 bits per heavy atom. The van der Waals surface area contributed by atoms with Crippen molar-refractivity contribution in [1.82, 2.24) is 5.32 Å². The molecule has 3 N–H and O–H groups in total. The summed E-state index contributed by atoms with van der Waals surface area (Å²) in [6.07, 6.45) is 2.71. The lowest BCUT2D eigenvalue weighted by Crippen LogP contribution is -2.34. The largest absolute Gasteiger partial charge is 0.456 e. The molecule has 1 unspecified atom stereocenters. The van der Waals surface area contributed by atoms with Crippen molar-refractivity contribution in [2.45, 2.75) is 32.3 Å². The number of aliphatic hydroxyl groups is 2. The van der Waals surface area contributed by atoms with Crippen molar-refractivity contribution in [2.75, 3.05) is 31.1 Å². The van der Waals surface area contributed by atoms with E-state index in [1.54, 1.807) is 13.0 Å². The third-order valence-corrected chi connectivity index (χ3v) is 6.23. The second kappa shape index (κ2) is 10.6. The van der Waals surface area contributed by atoms with Crippen molar-refractivity contribution in [2.24, 2.45) is 0 Å². The number of rotatable bonds is 7. The second-order valence-corrected chi connectivity index (χ2v) is 8.62. The Morgan fingerprint density at radius 3 is 2.59 bits per heavy atom. The van der Waals surface area contributed by atoms with E-state index in [4.69, 9.17) is 9.52 Å². The topological polar surface area (TPSA) is 110 Å². The molecule has 0 aliphatic carbocycles. The summed E-state index contributed by atoms with van der Waals surface area (Å²) in [7, 11) is 0. The molecule has 1 aliphatic heterocycles. The van der Waals surface area contributed by atoms with E-state index in [9.17, 15) is 15.2 Å². The molecule has 0 spiro atoms. The summed E-state index contributed by atoms with van der Waals surface area (Å²) >= 11 is 0. The van der Waals surface area contributed by atoms with Gasteiger partial charge in [-0.1, -0.05) is 18.2 Å². The average molecular weight is 460 g/mol. The van der Waals surface area contributed by atoms with E-state index in [1.165, 1.54) is 30.3 Å². The van der Waals surface area contributed by atoms with Gasteiger partial charge in [-0.15, -0.1) is 0 Å². The van der Waals surface area contributed by atoms with E-state index in [-0.39, 0.29) is 12.1 Å². The van der Waals surface area contributed by atoms with Gasteiger partial charge in [-0.2, -0.15) is 5.26 Å². The lowest BCUT2D eigenvalue weighted by Gasteiger charge is -2.29. The van der Waals surface area contributed by atoms with Gasteiger partial charge < -0.3 is 24.8 Å². The number of fused-ring (bicyclic) bond motifs is 1. The molecule has 0 saturated carbocycles. The zero-order valence-electron chi connectivity index (χ0n) is 19.3. The summed E-state index contributed by atoms with van der Waals surface area (Å²) in [6, 6.07) is 18.2. The van der Waals surface area contributed by atoms with Crippen LogP contribution in [0.5, 0.6) is 0 Å². The number of hydrogen-bond donors (Lipinski definition) is 3. The number of allylic oxidation sites excluding steroid dienone is 1. The minimum absolute atomic E-state index is 0.102. The van der Waals surface area contributed by atoms with Crippen LogP contribution in [-0.2, 0) is 4.79 Å². The standard InChI is InChI=1S/C27H29N3O4/c1-18(24(15-28)27(33)29-16-23(32)17-31)25-9-10-26(34-25)21-6-5-20-14-22(8-7-19(20)13-21)30-11-3-2-4-12-30/h5-10,13-14,23,31-32H,2-4,11-12,16-17H2,1H3,(H,29,33)/b24-18+. The van der Waals surface area contributed by atoms with Crippen LogP contribution in [-0.4, -0.2) is 48.5 Å². The molecule has 1 fully saturated rings. The van der Waals surface area contributed by atoms with Gasteiger partial charge >= 0.3 is 0 Å². The maximum atomic E-state index is 12.3. The van der Waals surface area contributed by atoms with Crippen LogP contribution in [0.1, 0.15) is 31.9 Å². The minimum Gasteiger partial charge on any atom is -0.456 e. The Bertz CT molecular complexity index is 1250. The zero-order chi connectivity index (χ0) is 24.1. The highest BCUT2D eigenvalue weighted by atomic mass is 16.3. The molecule has 3 aromatic rings. The first-order chi connectivity index (χ1) is 16.5. The fourth-order valence-corrected chi connectivity index (χ4v) is 4.22. The van der Waals surface area contributed by atoms with Gasteiger partial charge in [-0.05, 0) is 67.3 Å². The fourth-order valence-electron chi connectivity index (χ4n) is 4.22. The average Bonchev–Trinajstić information content (AvgIpc) is 3.38. The number of nitrogens with zero attached hydrogens (tertiary/aromatic N) is 2. The van der Waals surface area contributed by atoms with E-state index >= 15 is 0 Å². The van der Waals surface area contributed by atoms with Crippen LogP contribution in [0.3, 0.4) is 0 Å². The number of furan rings is 1. The van der Waals surface area contributed by atoms with Crippen molar-refractivity contribution in [3.8, 4) is 17.4 Å². The van der Waals surface area contributed by atoms with Crippen molar-refractivity contribution < 1.29 is 19.4 Å². The Kier molecular flexibility index (Phi) is 7.31. The predicted octanol–water partition coefficient (Wildman–Crippen LogP) is 3.86. The van der Waals surface area contributed by atoms with Gasteiger partial charge in [0.15, 0.2) is 0 Å². The number of nitriles is 1. The summed E-state index contributed by atoms with van der Waals surface area (Å²) in [4.78, 5) is 14.8. The summed E-state index contributed by atoms with van der Waals surface area (Å²) in [5.41, 5.74) is 2.47. The highest BCUT2D eigenvalue weighted by Crippen LogP contribution is 2.31. The number of piperidine rings is 1. The first kappa shape index (κ1) is 23.6. The molecule has 1 aromatic heterocycles. The smallest absolute Gasteiger partial charge is 0.262 e. The molecule has 4 rings (SSSR count). The quantitative estimate of drug-likeness (QED) is 0.366. The van der Waals surface area contributed by atoms with Crippen LogP contribution in [0.15, 0.2) is 58.5 Å². The summed E-state index contributed by atoms with van der Waals surface area (Å²) in [6.45, 7) is 3.24. The number of nitrogens with one attached hydrogen (secondary N) is 1. The molecule has 1 amide bonds. The minimum atomic E-state index is -1.08.